The van der Waals surface area contributed by atoms with E-state index in [1.54, 1.807) is 74.5 Å². The second kappa shape index (κ2) is 9.56. The lowest BCUT2D eigenvalue weighted by atomic mass is 10.1. The van der Waals surface area contributed by atoms with Crippen LogP contribution in [-0.2, 0) is 19.6 Å². The molecule has 1 atom stereocenters. The summed E-state index contributed by atoms with van der Waals surface area (Å²) in [7, 11) is -3.94. The van der Waals surface area contributed by atoms with Crippen LogP contribution in [0.15, 0.2) is 77.7 Å². The molecule has 9 heteroatoms. The van der Waals surface area contributed by atoms with Crippen molar-refractivity contribution in [3.8, 4) is 5.75 Å². The van der Waals surface area contributed by atoms with Crippen molar-refractivity contribution in [1.29, 1.82) is 0 Å². The van der Waals surface area contributed by atoms with Gasteiger partial charge in [0.1, 0.15) is 5.75 Å². The van der Waals surface area contributed by atoms with Crippen molar-refractivity contribution in [3.63, 3.8) is 0 Å². The number of hydrogen-bond donors (Lipinski definition) is 1. The Morgan fingerprint density at radius 3 is 2.47 bits per heavy atom. The topological polar surface area (TPSA) is 102 Å². The lowest BCUT2D eigenvalue weighted by Crippen LogP contribution is -2.48. The molecule has 0 bridgehead atoms. The first-order valence-electron chi connectivity index (χ1n) is 10.7. The van der Waals surface area contributed by atoms with E-state index in [1.807, 2.05) is 0 Å². The van der Waals surface area contributed by atoms with Gasteiger partial charge in [0.15, 0.2) is 6.10 Å². The molecule has 176 valence electrons. The third kappa shape index (κ3) is 4.47. The number of rotatable bonds is 6. The summed E-state index contributed by atoms with van der Waals surface area (Å²) in [6.07, 6.45) is -1.11. The monoisotopic (exact) mass is 480 g/mol. The maximum Gasteiger partial charge on any atom is 0.338 e. The minimum absolute atomic E-state index is 0.115. The maximum atomic E-state index is 13.4. The van der Waals surface area contributed by atoms with E-state index in [0.29, 0.717) is 22.5 Å². The molecule has 3 aromatic carbocycles. The summed E-state index contributed by atoms with van der Waals surface area (Å²) in [6, 6.07) is 19.6. The Morgan fingerprint density at radius 1 is 1.03 bits per heavy atom. The van der Waals surface area contributed by atoms with Crippen LogP contribution in [0.3, 0.4) is 0 Å². The molecule has 34 heavy (non-hydrogen) atoms. The Morgan fingerprint density at radius 2 is 1.74 bits per heavy atom. The molecule has 0 saturated carbocycles. The highest BCUT2D eigenvalue weighted by molar-refractivity contribution is 7.92. The van der Waals surface area contributed by atoms with Crippen LogP contribution < -0.4 is 14.4 Å². The van der Waals surface area contributed by atoms with Gasteiger partial charge in [0.2, 0.25) is 0 Å². The van der Waals surface area contributed by atoms with E-state index in [1.165, 1.54) is 16.4 Å². The first-order chi connectivity index (χ1) is 16.3. The number of benzene rings is 3. The normalized spacial score (nSPS) is 15.1. The van der Waals surface area contributed by atoms with Crippen molar-refractivity contribution in [2.24, 2.45) is 0 Å². The number of fused-ring (bicyclic) bond motifs is 1. The van der Waals surface area contributed by atoms with Gasteiger partial charge in [0.25, 0.3) is 15.9 Å². The zero-order valence-corrected chi connectivity index (χ0v) is 19.5. The molecule has 1 heterocycles. The number of amides is 1. The zero-order chi connectivity index (χ0) is 24.3. The van der Waals surface area contributed by atoms with Crippen molar-refractivity contribution in [2.75, 3.05) is 22.8 Å². The molecule has 1 N–H and O–H groups in total. The van der Waals surface area contributed by atoms with Crippen LogP contribution >= 0.6 is 0 Å². The third-order valence-corrected chi connectivity index (χ3v) is 7.24. The molecule has 4 rings (SSSR count). The van der Waals surface area contributed by atoms with Crippen molar-refractivity contribution < 1.29 is 27.5 Å². The molecule has 3 aromatic rings. The number of para-hydroxylation sites is 2. The van der Waals surface area contributed by atoms with Crippen molar-refractivity contribution >= 4 is 33.3 Å². The molecule has 0 radical (unpaired) electrons. The van der Waals surface area contributed by atoms with E-state index in [9.17, 15) is 18.0 Å². The first-order valence-corrected chi connectivity index (χ1v) is 12.2. The Kier molecular flexibility index (Phi) is 6.56. The van der Waals surface area contributed by atoms with Gasteiger partial charge in [0.05, 0.1) is 29.3 Å². The summed E-state index contributed by atoms with van der Waals surface area (Å²) >= 11 is 0. The summed E-state index contributed by atoms with van der Waals surface area (Å²) in [5.74, 6) is -0.739. The molecule has 1 aliphatic heterocycles. The largest absolute Gasteiger partial charge is 0.476 e. The lowest BCUT2D eigenvalue weighted by Gasteiger charge is -2.34. The van der Waals surface area contributed by atoms with Crippen LogP contribution in [0.1, 0.15) is 22.8 Å². The second-order valence-electron chi connectivity index (χ2n) is 7.61. The van der Waals surface area contributed by atoms with Crippen LogP contribution in [0, 0.1) is 6.92 Å². The summed E-state index contributed by atoms with van der Waals surface area (Å²) < 4.78 is 38.9. The molecule has 1 aliphatic rings. The molecular formula is C25H24N2O6S. The van der Waals surface area contributed by atoms with E-state index < -0.39 is 28.0 Å². The van der Waals surface area contributed by atoms with E-state index >= 15 is 0 Å². The van der Waals surface area contributed by atoms with Gasteiger partial charge >= 0.3 is 5.97 Å². The average molecular weight is 481 g/mol. The standard InChI is InChI=1S/C25H24N2O6S/c1-3-32-25(29)19-12-9-13-20(17(19)2)26-24(28)23-16-27(21-14-7-8-15-22(21)33-23)34(30,31)18-10-5-4-6-11-18/h4-15,23H,3,16H2,1-2H3,(H,26,28). The Hall–Kier alpha value is -3.85. The fourth-order valence-corrected chi connectivity index (χ4v) is 5.20. The van der Waals surface area contributed by atoms with Crippen molar-refractivity contribution in [3.05, 3.63) is 83.9 Å². The Bertz CT molecular complexity index is 1320. The lowest BCUT2D eigenvalue weighted by molar-refractivity contribution is -0.122. The van der Waals surface area contributed by atoms with Gasteiger partial charge in [-0.25, -0.2) is 13.2 Å². The molecule has 1 amide bonds. The van der Waals surface area contributed by atoms with Crippen LogP contribution in [-0.4, -0.2) is 39.5 Å². The summed E-state index contributed by atoms with van der Waals surface area (Å²) in [5, 5.41) is 2.77. The van der Waals surface area contributed by atoms with Gasteiger partial charge in [-0.2, -0.15) is 0 Å². The van der Waals surface area contributed by atoms with Gasteiger partial charge in [-0.05, 0) is 55.8 Å². The number of esters is 1. The van der Waals surface area contributed by atoms with Gasteiger partial charge in [0, 0.05) is 5.69 Å². The van der Waals surface area contributed by atoms with Crippen LogP contribution in [0.4, 0.5) is 11.4 Å². The highest BCUT2D eigenvalue weighted by Crippen LogP contribution is 2.37. The summed E-state index contributed by atoms with van der Waals surface area (Å²) in [5.41, 5.74) is 1.65. The maximum absolute atomic E-state index is 13.4. The van der Waals surface area contributed by atoms with Gasteiger partial charge in [-0.3, -0.25) is 9.10 Å². The predicted molar refractivity (Wildman–Crippen MR) is 128 cm³/mol. The number of anilines is 2. The van der Waals surface area contributed by atoms with Crippen molar-refractivity contribution in [2.45, 2.75) is 24.8 Å². The molecule has 1 unspecified atom stereocenters. The van der Waals surface area contributed by atoms with Crippen molar-refractivity contribution in [1.82, 2.24) is 0 Å². The van der Waals surface area contributed by atoms with E-state index in [0.717, 1.165) is 0 Å². The van der Waals surface area contributed by atoms with Crippen LogP contribution in [0.2, 0.25) is 0 Å². The van der Waals surface area contributed by atoms with Gasteiger partial charge < -0.3 is 14.8 Å². The number of ether oxygens (including phenoxy) is 2. The number of carbonyl (C=O) groups excluding carboxylic acids is 2. The zero-order valence-electron chi connectivity index (χ0n) is 18.7. The minimum atomic E-state index is -3.94. The quantitative estimate of drug-likeness (QED) is 0.539. The fourth-order valence-electron chi connectivity index (χ4n) is 3.70. The van der Waals surface area contributed by atoms with Gasteiger partial charge in [-0.1, -0.05) is 36.4 Å². The number of nitrogens with zero attached hydrogens (tertiary/aromatic N) is 1. The minimum Gasteiger partial charge on any atom is -0.476 e. The molecule has 0 fully saturated rings. The van der Waals surface area contributed by atoms with Gasteiger partial charge in [-0.15, -0.1) is 0 Å². The van der Waals surface area contributed by atoms with Crippen LogP contribution in [0.25, 0.3) is 0 Å². The SMILES string of the molecule is CCOC(=O)c1cccc(NC(=O)C2CN(S(=O)(=O)c3ccccc3)c3ccccc3O2)c1C. The molecule has 8 nitrogen and oxygen atoms in total. The summed E-state index contributed by atoms with van der Waals surface area (Å²) in [4.78, 5) is 25.5. The summed E-state index contributed by atoms with van der Waals surface area (Å²) in [6.45, 7) is 3.43. The Labute approximate surface area is 198 Å². The van der Waals surface area contributed by atoms with E-state index in [-0.39, 0.29) is 23.8 Å². The van der Waals surface area contributed by atoms with Crippen LogP contribution in [0.5, 0.6) is 5.75 Å². The second-order valence-corrected chi connectivity index (χ2v) is 9.47. The average Bonchev–Trinajstić information content (AvgIpc) is 2.85. The Balaban J connectivity index is 1.63. The number of nitrogens with one attached hydrogen (secondary N) is 1. The number of hydrogen-bond acceptors (Lipinski definition) is 6. The smallest absolute Gasteiger partial charge is 0.338 e. The van der Waals surface area contributed by atoms with E-state index in [4.69, 9.17) is 9.47 Å². The first kappa shape index (κ1) is 23.3. The molecule has 0 saturated heterocycles. The third-order valence-electron chi connectivity index (χ3n) is 5.45. The number of sulfonamides is 1. The predicted octanol–water partition coefficient (Wildman–Crippen LogP) is 3.77. The number of carbonyl (C=O) groups is 2. The molecule has 0 aromatic heterocycles. The highest BCUT2D eigenvalue weighted by Gasteiger charge is 2.37. The fraction of sp³-hybridized carbons (Fsp3) is 0.200. The highest BCUT2D eigenvalue weighted by atomic mass is 32.2. The van der Waals surface area contributed by atoms with E-state index in [2.05, 4.69) is 5.32 Å². The molecular weight excluding hydrogens is 456 g/mol. The molecule has 0 aliphatic carbocycles. The molecule has 0 spiro atoms.